The van der Waals surface area contributed by atoms with Gasteiger partial charge in [0.1, 0.15) is 5.82 Å². The average molecular weight is 330 g/mol. The van der Waals surface area contributed by atoms with Crippen LogP contribution in [0.4, 0.5) is 5.82 Å². The zero-order chi connectivity index (χ0) is 12.8. The normalized spacial score (nSPS) is 16.0. The van der Waals surface area contributed by atoms with Gasteiger partial charge in [0.05, 0.1) is 0 Å². The van der Waals surface area contributed by atoms with E-state index >= 15 is 0 Å². The van der Waals surface area contributed by atoms with Gasteiger partial charge in [0.2, 0.25) is 0 Å². The van der Waals surface area contributed by atoms with Gasteiger partial charge in [-0.05, 0) is 35.0 Å². The number of nitrogens with zero attached hydrogens (tertiary/aromatic N) is 2. The topological polar surface area (TPSA) is 28.2 Å². The Balaban J connectivity index is 2.11. The Labute approximate surface area is 122 Å². The molecule has 0 radical (unpaired) electrons. The molecular formula is C13H20BrN3S. The van der Waals surface area contributed by atoms with E-state index in [1.165, 1.54) is 17.1 Å². The van der Waals surface area contributed by atoms with E-state index in [0.717, 1.165) is 42.9 Å². The largest absolute Gasteiger partial charge is 0.355 e. The van der Waals surface area contributed by atoms with Crippen molar-refractivity contribution in [2.75, 3.05) is 36.0 Å². The van der Waals surface area contributed by atoms with Gasteiger partial charge in [-0.3, -0.25) is 0 Å². The molecule has 1 saturated heterocycles. The predicted octanol–water partition coefficient (Wildman–Crippen LogP) is 2.90. The molecule has 0 unspecified atom stereocenters. The van der Waals surface area contributed by atoms with Crippen molar-refractivity contribution in [2.45, 2.75) is 19.9 Å². The summed E-state index contributed by atoms with van der Waals surface area (Å²) in [5.41, 5.74) is 1.30. The number of rotatable bonds is 5. The number of anilines is 1. The lowest BCUT2D eigenvalue weighted by Crippen LogP contribution is -2.34. The van der Waals surface area contributed by atoms with Crippen molar-refractivity contribution in [3.63, 3.8) is 0 Å². The molecule has 1 aliphatic heterocycles. The van der Waals surface area contributed by atoms with Gasteiger partial charge in [-0.1, -0.05) is 6.92 Å². The summed E-state index contributed by atoms with van der Waals surface area (Å²) < 4.78 is 1.06. The van der Waals surface area contributed by atoms with Crippen molar-refractivity contribution in [3.05, 3.63) is 22.3 Å². The van der Waals surface area contributed by atoms with Crippen molar-refractivity contribution < 1.29 is 0 Å². The maximum atomic E-state index is 4.61. The minimum absolute atomic E-state index is 0.902. The van der Waals surface area contributed by atoms with Gasteiger partial charge in [-0.2, -0.15) is 11.8 Å². The van der Waals surface area contributed by atoms with Crippen LogP contribution in [0.15, 0.2) is 16.7 Å². The second kappa shape index (κ2) is 7.36. The fraction of sp³-hybridized carbons (Fsp3) is 0.615. The standard InChI is InChI=1S/C13H20BrN3S/c1-2-3-15-9-11-8-12(14)10-16-13(11)17-4-6-18-7-5-17/h8,10,15H,2-7,9H2,1H3. The molecule has 1 aromatic rings. The number of aromatic nitrogens is 1. The van der Waals surface area contributed by atoms with Gasteiger partial charge < -0.3 is 10.2 Å². The molecule has 1 aromatic heterocycles. The monoisotopic (exact) mass is 329 g/mol. The lowest BCUT2D eigenvalue weighted by Gasteiger charge is -2.29. The molecule has 0 saturated carbocycles. The first-order valence-electron chi connectivity index (χ1n) is 6.49. The van der Waals surface area contributed by atoms with Crippen molar-refractivity contribution in [1.82, 2.24) is 10.3 Å². The van der Waals surface area contributed by atoms with Crippen LogP contribution in [0.1, 0.15) is 18.9 Å². The van der Waals surface area contributed by atoms with Gasteiger partial charge in [0, 0.05) is 47.4 Å². The molecule has 5 heteroatoms. The third-order valence-electron chi connectivity index (χ3n) is 2.96. The molecule has 18 heavy (non-hydrogen) atoms. The highest BCUT2D eigenvalue weighted by molar-refractivity contribution is 9.10. The van der Waals surface area contributed by atoms with Crippen LogP contribution in [-0.4, -0.2) is 36.1 Å². The Morgan fingerprint density at radius 3 is 2.94 bits per heavy atom. The molecule has 0 atom stereocenters. The minimum atomic E-state index is 0.902. The van der Waals surface area contributed by atoms with Crippen molar-refractivity contribution in [2.24, 2.45) is 0 Å². The Bertz CT molecular complexity index is 380. The third-order valence-corrected chi connectivity index (χ3v) is 4.34. The maximum absolute atomic E-state index is 4.61. The fourth-order valence-electron chi connectivity index (χ4n) is 2.06. The molecule has 2 heterocycles. The number of hydrogen-bond acceptors (Lipinski definition) is 4. The number of halogens is 1. The van der Waals surface area contributed by atoms with Crippen LogP contribution in [0.3, 0.4) is 0 Å². The molecule has 1 aliphatic rings. The van der Waals surface area contributed by atoms with Crippen molar-refractivity contribution in [1.29, 1.82) is 0 Å². The quantitative estimate of drug-likeness (QED) is 0.841. The Hall–Kier alpha value is -0.260. The molecule has 2 rings (SSSR count). The van der Waals surface area contributed by atoms with E-state index in [2.05, 4.69) is 44.1 Å². The smallest absolute Gasteiger partial charge is 0.133 e. The Morgan fingerprint density at radius 1 is 1.44 bits per heavy atom. The highest BCUT2D eigenvalue weighted by Crippen LogP contribution is 2.24. The molecule has 1 fully saturated rings. The van der Waals surface area contributed by atoms with E-state index in [4.69, 9.17) is 0 Å². The first-order valence-corrected chi connectivity index (χ1v) is 8.44. The number of pyridine rings is 1. The molecule has 3 nitrogen and oxygen atoms in total. The SMILES string of the molecule is CCCNCc1cc(Br)cnc1N1CCSCC1. The summed E-state index contributed by atoms with van der Waals surface area (Å²) in [5, 5.41) is 3.47. The van der Waals surface area contributed by atoms with E-state index in [1.807, 2.05) is 18.0 Å². The molecule has 0 aromatic carbocycles. The summed E-state index contributed by atoms with van der Waals surface area (Å²) in [6, 6.07) is 2.19. The summed E-state index contributed by atoms with van der Waals surface area (Å²) in [7, 11) is 0. The second-order valence-corrected chi connectivity index (χ2v) is 6.55. The average Bonchev–Trinajstić information content (AvgIpc) is 2.40. The van der Waals surface area contributed by atoms with Crippen molar-refractivity contribution >= 4 is 33.5 Å². The molecule has 0 aliphatic carbocycles. The molecule has 0 spiro atoms. The zero-order valence-corrected chi connectivity index (χ0v) is 13.2. The molecule has 1 N–H and O–H groups in total. The molecule has 0 bridgehead atoms. The van der Waals surface area contributed by atoms with E-state index in [9.17, 15) is 0 Å². The predicted molar refractivity (Wildman–Crippen MR) is 83.5 cm³/mol. The van der Waals surface area contributed by atoms with Gasteiger partial charge in [0.15, 0.2) is 0 Å². The number of nitrogens with one attached hydrogen (secondary N) is 1. The fourth-order valence-corrected chi connectivity index (χ4v) is 3.35. The van der Waals surface area contributed by atoms with Gasteiger partial charge >= 0.3 is 0 Å². The van der Waals surface area contributed by atoms with Crippen LogP contribution in [0, 0.1) is 0 Å². The van der Waals surface area contributed by atoms with Crippen LogP contribution < -0.4 is 10.2 Å². The first kappa shape index (κ1) is 14.2. The summed E-state index contributed by atoms with van der Waals surface area (Å²) in [5.74, 6) is 3.57. The summed E-state index contributed by atoms with van der Waals surface area (Å²) in [6.07, 6.45) is 3.07. The Morgan fingerprint density at radius 2 is 2.22 bits per heavy atom. The van der Waals surface area contributed by atoms with E-state index < -0.39 is 0 Å². The third kappa shape index (κ3) is 3.87. The van der Waals surface area contributed by atoms with Crippen LogP contribution in [0.5, 0.6) is 0 Å². The van der Waals surface area contributed by atoms with Gasteiger partial charge in [0.25, 0.3) is 0 Å². The molecule has 100 valence electrons. The highest BCUT2D eigenvalue weighted by atomic mass is 79.9. The molecule has 0 amide bonds. The van der Waals surface area contributed by atoms with Crippen LogP contribution in [0.25, 0.3) is 0 Å². The van der Waals surface area contributed by atoms with E-state index in [1.54, 1.807) is 0 Å². The molecular weight excluding hydrogens is 310 g/mol. The van der Waals surface area contributed by atoms with Gasteiger partial charge in [-0.25, -0.2) is 4.98 Å². The van der Waals surface area contributed by atoms with Gasteiger partial charge in [-0.15, -0.1) is 0 Å². The summed E-state index contributed by atoms with van der Waals surface area (Å²) in [6.45, 7) is 6.37. The van der Waals surface area contributed by atoms with E-state index in [0.29, 0.717) is 0 Å². The lowest BCUT2D eigenvalue weighted by molar-refractivity contribution is 0.670. The lowest BCUT2D eigenvalue weighted by atomic mass is 10.2. The summed E-state index contributed by atoms with van der Waals surface area (Å²) in [4.78, 5) is 7.02. The van der Waals surface area contributed by atoms with Crippen LogP contribution in [-0.2, 0) is 6.54 Å². The van der Waals surface area contributed by atoms with Crippen LogP contribution in [0.2, 0.25) is 0 Å². The number of thioether (sulfide) groups is 1. The Kier molecular flexibility index (Phi) is 5.79. The zero-order valence-electron chi connectivity index (χ0n) is 10.8. The first-order chi connectivity index (χ1) is 8.81. The minimum Gasteiger partial charge on any atom is -0.355 e. The number of hydrogen-bond donors (Lipinski definition) is 1. The second-order valence-electron chi connectivity index (χ2n) is 4.41. The van der Waals surface area contributed by atoms with Crippen molar-refractivity contribution in [3.8, 4) is 0 Å². The summed E-state index contributed by atoms with van der Waals surface area (Å²) >= 11 is 5.55. The highest BCUT2D eigenvalue weighted by Gasteiger charge is 2.16. The van der Waals surface area contributed by atoms with E-state index in [-0.39, 0.29) is 0 Å². The van der Waals surface area contributed by atoms with Crippen LogP contribution >= 0.6 is 27.7 Å². The maximum Gasteiger partial charge on any atom is 0.133 e.